The molecule has 0 heterocycles. The van der Waals surface area contributed by atoms with Gasteiger partial charge in [0.15, 0.2) is 0 Å². The molecule has 0 aromatic rings. The highest BCUT2D eigenvalue weighted by Gasteiger charge is 2.49. The van der Waals surface area contributed by atoms with Crippen LogP contribution < -0.4 is 0 Å². The number of rotatable bonds is 0. The van der Waals surface area contributed by atoms with Gasteiger partial charge in [0.2, 0.25) is 0 Å². The molecule has 1 fully saturated rings. The van der Waals surface area contributed by atoms with Crippen molar-refractivity contribution in [1.82, 2.24) is 0 Å². The summed E-state index contributed by atoms with van der Waals surface area (Å²) < 4.78 is 38.4. The molecule has 0 bridgehead atoms. The summed E-state index contributed by atoms with van der Waals surface area (Å²) in [4.78, 5) is 0. The van der Waals surface area contributed by atoms with E-state index in [0.29, 0.717) is 12.3 Å². The molecule has 0 saturated heterocycles. The highest BCUT2D eigenvalue weighted by molar-refractivity contribution is 5.08. The van der Waals surface area contributed by atoms with Gasteiger partial charge < -0.3 is 0 Å². The molecule has 16 heavy (non-hydrogen) atoms. The summed E-state index contributed by atoms with van der Waals surface area (Å²) in [6.07, 6.45) is 1.09. The molecule has 1 saturated carbocycles. The van der Waals surface area contributed by atoms with Crippen molar-refractivity contribution in [3.05, 3.63) is 11.6 Å². The van der Waals surface area contributed by atoms with Gasteiger partial charge in [-0.25, -0.2) is 0 Å². The maximum absolute atomic E-state index is 12.8. The zero-order valence-corrected chi connectivity index (χ0v) is 9.85. The standard InChI is InChI=1S/C13H19F3/c1-8-3-5-11-9(2)12(13(14,15)16)6-4-10(11)7-8/h3,9-12H,4-7H2,1-2H3. The summed E-state index contributed by atoms with van der Waals surface area (Å²) in [6.45, 7) is 3.89. The molecule has 0 amide bonds. The van der Waals surface area contributed by atoms with Crippen molar-refractivity contribution in [2.24, 2.45) is 23.7 Å². The van der Waals surface area contributed by atoms with E-state index in [1.807, 2.05) is 0 Å². The van der Waals surface area contributed by atoms with Crippen LogP contribution in [-0.4, -0.2) is 6.18 Å². The van der Waals surface area contributed by atoms with Crippen LogP contribution in [0.1, 0.15) is 39.5 Å². The highest BCUT2D eigenvalue weighted by Crippen LogP contribution is 2.50. The zero-order valence-electron chi connectivity index (χ0n) is 9.85. The lowest BCUT2D eigenvalue weighted by Crippen LogP contribution is -2.41. The van der Waals surface area contributed by atoms with Gasteiger partial charge in [0.25, 0.3) is 0 Å². The van der Waals surface area contributed by atoms with Crippen molar-refractivity contribution in [1.29, 1.82) is 0 Å². The summed E-state index contributed by atoms with van der Waals surface area (Å²) in [6, 6.07) is 0. The first kappa shape index (κ1) is 12.0. The molecule has 0 aliphatic heterocycles. The third-order valence-electron chi connectivity index (χ3n) is 4.51. The number of halogens is 3. The van der Waals surface area contributed by atoms with Crippen LogP contribution in [0.25, 0.3) is 0 Å². The largest absolute Gasteiger partial charge is 0.392 e. The topological polar surface area (TPSA) is 0 Å². The molecular formula is C13H19F3. The van der Waals surface area contributed by atoms with Crippen LogP contribution in [0.15, 0.2) is 11.6 Å². The smallest absolute Gasteiger partial charge is 0.171 e. The first-order valence-electron chi connectivity index (χ1n) is 6.12. The van der Waals surface area contributed by atoms with E-state index in [0.717, 1.165) is 19.3 Å². The highest BCUT2D eigenvalue weighted by atomic mass is 19.4. The third kappa shape index (κ3) is 2.14. The van der Waals surface area contributed by atoms with Gasteiger partial charge in [0.05, 0.1) is 5.92 Å². The fourth-order valence-corrected chi connectivity index (χ4v) is 3.55. The van der Waals surface area contributed by atoms with Gasteiger partial charge in [-0.1, -0.05) is 18.6 Å². The summed E-state index contributed by atoms with van der Waals surface area (Å²) in [7, 11) is 0. The first-order valence-corrected chi connectivity index (χ1v) is 6.12. The van der Waals surface area contributed by atoms with Gasteiger partial charge in [-0.15, -0.1) is 0 Å². The second-order valence-corrected chi connectivity index (χ2v) is 5.50. The van der Waals surface area contributed by atoms with Gasteiger partial charge in [0, 0.05) is 0 Å². The molecule has 4 atom stereocenters. The quantitative estimate of drug-likeness (QED) is 0.537. The fraction of sp³-hybridized carbons (Fsp3) is 0.846. The Hall–Kier alpha value is -0.470. The molecule has 0 spiro atoms. The van der Waals surface area contributed by atoms with Crippen molar-refractivity contribution in [2.75, 3.05) is 0 Å². The van der Waals surface area contributed by atoms with Crippen LogP contribution in [0, 0.1) is 23.7 Å². The number of hydrogen-bond acceptors (Lipinski definition) is 0. The van der Waals surface area contributed by atoms with Gasteiger partial charge in [-0.05, 0) is 50.4 Å². The third-order valence-corrected chi connectivity index (χ3v) is 4.51. The molecule has 2 aliphatic carbocycles. The van der Waals surface area contributed by atoms with Crippen LogP contribution in [0.2, 0.25) is 0 Å². The van der Waals surface area contributed by atoms with Crippen LogP contribution in [0.4, 0.5) is 13.2 Å². The van der Waals surface area contributed by atoms with E-state index >= 15 is 0 Å². The second kappa shape index (κ2) is 4.08. The van der Waals surface area contributed by atoms with Gasteiger partial charge >= 0.3 is 6.18 Å². The lowest BCUT2D eigenvalue weighted by molar-refractivity contribution is -0.204. The Bertz CT molecular complexity index is 290. The normalized spacial score (nSPS) is 40.2. The van der Waals surface area contributed by atoms with E-state index in [4.69, 9.17) is 0 Å². The van der Waals surface area contributed by atoms with Crippen LogP contribution in [-0.2, 0) is 0 Å². The molecule has 0 aromatic heterocycles. The monoisotopic (exact) mass is 232 g/mol. The van der Waals surface area contributed by atoms with E-state index in [-0.39, 0.29) is 11.8 Å². The second-order valence-electron chi connectivity index (χ2n) is 5.50. The van der Waals surface area contributed by atoms with Crippen LogP contribution in [0.5, 0.6) is 0 Å². The average molecular weight is 232 g/mol. The van der Waals surface area contributed by atoms with E-state index in [1.54, 1.807) is 6.92 Å². The van der Waals surface area contributed by atoms with Crippen molar-refractivity contribution in [3.63, 3.8) is 0 Å². The minimum atomic E-state index is -4.00. The molecule has 92 valence electrons. The van der Waals surface area contributed by atoms with Crippen molar-refractivity contribution in [3.8, 4) is 0 Å². The average Bonchev–Trinajstić information content (AvgIpc) is 2.15. The van der Waals surface area contributed by atoms with Crippen LogP contribution >= 0.6 is 0 Å². The Morgan fingerprint density at radius 3 is 2.56 bits per heavy atom. The zero-order chi connectivity index (χ0) is 11.9. The number of allylic oxidation sites excluding steroid dienone is 2. The number of hydrogen-bond donors (Lipinski definition) is 0. The molecule has 0 radical (unpaired) electrons. The van der Waals surface area contributed by atoms with Crippen molar-refractivity contribution in [2.45, 2.75) is 45.7 Å². The van der Waals surface area contributed by atoms with E-state index in [9.17, 15) is 13.2 Å². The molecule has 0 nitrogen and oxygen atoms in total. The molecule has 0 N–H and O–H groups in total. The van der Waals surface area contributed by atoms with E-state index in [1.165, 1.54) is 5.57 Å². The number of alkyl halides is 3. The van der Waals surface area contributed by atoms with Gasteiger partial charge in [0.1, 0.15) is 0 Å². The minimum absolute atomic E-state index is 0.205. The summed E-state index contributed by atoms with van der Waals surface area (Å²) in [5, 5.41) is 0. The predicted molar refractivity (Wildman–Crippen MR) is 57.9 cm³/mol. The fourth-order valence-electron chi connectivity index (χ4n) is 3.55. The first-order chi connectivity index (χ1) is 7.39. The Kier molecular flexibility index (Phi) is 3.06. The molecule has 2 aliphatic rings. The maximum Gasteiger partial charge on any atom is 0.392 e. The summed E-state index contributed by atoms with van der Waals surface area (Å²) in [5.74, 6) is -0.522. The van der Waals surface area contributed by atoms with Crippen molar-refractivity contribution >= 4 is 0 Å². The lowest BCUT2D eigenvalue weighted by atomic mass is 9.62. The van der Waals surface area contributed by atoms with Crippen LogP contribution in [0.3, 0.4) is 0 Å². The van der Waals surface area contributed by atoms with Crippen molar-refractivity contribution < 1.29 is 13.2 Å². The minimum Gasteiger partial charge on any atom is -0.171 e. The SMILES string of the molecule is CC1=CCC2C(CCC(C(F)(F)F)C2C)C1. The molecule has 0 aromatic carbocycles. The Morgan fingerprint density at radius 1 is 1.25 bits per heavy atom. The van der Waals surface area contributed by atoms with Gasteiger partial charge in [-0.3, -0.25) is 0 Å². The summed E-state index contributed by atoms with van der Waals surface area (Å²) >= 11 is 0. The predicted octanol–water partition coefficient (Wildman–Crippen LogP) is 4.57. The molecular weight excluding hydrogens is 213 g/mol. The Balaban J connectivity index is 2.13. The number of fused-ring (bicyclic) bond motifs is 1. The Labute approximate surface area is 94.9 Å². The maximum atomic E-state index is 12.8. The molecule has 4 unspecified atom stereocenters. The van der Waals surface area contributed by atoms with E-state index in [2.05, 4.69) is 13.0 Å². The van der Waals surface area contributed by atoms with Gasteiger partial charge in [-0.2, -0.15) is 13.2 Å². The Morgan fingerprint density at radius 2 is 1.94 bits per heavy atom. The summed E-state index contributed by atoms with van der Waals surface area (Å²) in [5.41, 5.74) is 1.36. The molecule has 3 heteroatoms. The molecule has 2 rings (SSSR count). The van der Waals surface area contributed by atoms with E-state index < -0.39 is 12.1 Å². The lowest BCUT2D eigenvalue weighted by Gasteiger charge is -2.44.